The molecule has 38 heavy (non-hydrogen) atoms. The largest absolute Gasteiger partial charge is 0.481 e. The number of esters is 1. The molecule has 0 saturated heterocycles. The standard InChI is InChI=1S/C29H31N3O5S/c1-4-36-29(35)25-23-15-10-18(2)16-24(23)38-28(25)31-27(34)21-11-13-22(14-12-21)37-19(3)26(33)32-30-17-20-8-6-5-7-9-20/h5-9,11-14,17-19H,4,10,15-16H2,1-3H3,(H,31,34)(H,32,33). The minimum Gasteiger partial charge on any atom is -0.481 e. The van der Waals surface area contributed by atoms with Crippen molar-refractivity contribution in [3.8, 4) is 5.75 Å². The zero-order chi connectivity index (χ0) is 27.1. The van der Waals surface area contributed by atoms with Crippen LogP contribution in [-0.2, 0) is 22.4 Å². The van der Waals surface area contributed by atoms with Crippen molar-refractivity contribution in [2.75, 3.05) is 11.9 Å². The van der Waals surface area contributed by atoms with Crippen LogP contribution < -0.4 is 15.5 Å². The number of amides is 2. The summed E-state index contributed by atoms with van der Waals surface area (Å²) in [6.45, 7) is 5.84. The fourth-order valence-electron chi connectivity index (χ4n) is 4.18. The van der Waals surface area contributed by atoms with Crippen molar-refractivity contribution in [2.24, 2.45) is 11.0 Å². The average molecular weight is 534 g/mol. The van der Waals surface area contributed by atoms with Gasteiger partial charge < -0.3 is 14.8 Å². The van der Waals surface area contributed by atoms with Crippen LogP contribution >= 0.6 is 11.3 Å². The topological polar surface area (TPSA) is 106 Å². The molecule has 0 spiro atoms. The Morgan fingerprint density at radius 3 is 2.58 bits per heavy atom. The Bertz CT molecular complexity index is 1320. The number of nitrogens with one attached hydrogen (secondary N) is 2. The SMILES string of the molecule is CCOC(=O)c1c(NC(=O)c2ccc(OC(C)C(=O)NN=Cc3ccccc3)cc2)sc2c1CCC(C)C2. The van der Waals surface area contributed by atoms with E-state index in [2.05, 4.69) is 22.8 Å². The van der Waals surface area contributed by atoms with Gasteiger partial charge in [0.15, 0.2) is 6.10 Å². The van der Waals surface area contributed by atoms with E-state index in [0.29, 0.717) is 27.8 Å². The van der Waals surface area contributed by atoms with E-state index in [-0.39, 0.29) is 12.5 Å². The molecule has 1 aromatic heterocycles. The number of fused-ring (bicyclic) bond motifs is 1. The first kappa shape index (κ1) is 27.1. The quantitative estimate of drug-likeness (QED) is 0.223. The highest BCUT2D eigenvalue weighted by Crippen LogP contribution is 2.40. The van der Waals surface area contributed by atoms with Gasteiger partial charge in [0.25, 0.3) is 11.8 Å². The zero-order valence-electron chi connectivity index (χ0n) is 21.7. The molecule has 2 amide bonds. The van der Waals surface area contributed by atoms with Gasteiger partial charge in [0.1, 0.15) is 10.8 Å². The van der Waals surface area contributed by atoms with E-state index in [1.54, 1.807) is 44.3 Å². The summed E-state index contributed by atoms with van der Waals surface area (Å²) in [5.74, 6) is -0.174. The lowest BCUT2D eigenvalue weighted by Gasteiger charge is -2.18. The van der Waals surface area contributed by atoms with E-state index >= 15 is 0 Å². The molecule has 0 fully saturated rings. The fraction of sp³-hybridized carbons (Fsp3) is 0.310. The highest BCUT2D eigenvalue weighted by atomic mass is 32.1. The van der Waals surface area contributed by atoms with Crippen LogP contribution in [0.4, 0.5) is 5.00 Å². The predicted octanol–water partition coefficient (Wildman–Crippen LogP) is 5.22. The molecule has 2 unspecified atom stereocenters. The van der Waals surface area contributed by atoms with Crippen LogP contribution in [-0.4, -0.2) is 36.7 Å². The van der Waals surface area contributed by atoms with Crippen LogP contribution in [0.2, 0.25) is 0 Å². The Morgan fingerprint density at radius 2 is 1.87 bits per heavy atom. The van der Waals surface area contributed by atoms with Gasteiger partial charge in [-0.25, -0.2) is 10.2 Å². The highest BCUT2D eigenvalue weighted by Gasteiger charge is 2.29. The third kappa shape index (κ3) is 6.66. The molecule has 0 radical (unpaired) electrons. The number of ether oxygens (including phenoxy) is 2. The molecule has 2 N–H and O–H groups in total. The predicted molar refractivity (Wildman–Crippen MR) is 148 cm³/mol. The third-order valence-corrected chi connectivity index (χ3v) is 7.37. The summed E-state index contributed by atoms with van der Waals surface area (Å²) >= 11 is 1.45. The van der Waals surface area contributed by atoms with E-state index in [9.17, 15) is 14.4 Å². The summed E-state index contributed by atoms with van der Waals surface area (Å²) in [4.78, 5) is 39.2. The lowest BCUT2D eigenvalue weighted by Crippen LogP contribution is -2.33. The van der Waals surface area contributed by atoms with E-state index in [1.165, 1.54) is 11.3 Å². The lowest BCUT2D eigenvalue weighted by atomic mass is 9.88. The zero-order valence-corrected chi connectivity index (χ0v) is 22.5. The number of carbonyl (C=O) groups is 3. The van der Waals surface area contributed by atoms with Crippen molar-refractivity contribution in [2.45, 2.75) is 46.1 Å². The highest BCUT2D eigenvalue weighted by molar-refractivity contribution is 7.17. The first-order valence-electron chi connectivity index (χ1n) is 12.6. The Balaban J connectivity index is 1.38. The van der Waals surface area contributed by atoms with Crippen LogP contribution in [0.3, 0.4) is 0 Å². The molecule has 1 aliphatic rings. The van der Waals surface area contributed by atoms with Crippen molar-refractivity contribution in [3.63, 3.8) is 0 Å². The molecule has 1 aliphatic carbocycles. The number of nitrogens with zero attached hydrogens (tertiary/aromatic N) is 1. The molecular formula is C29H31N3O5S. The first-order valence-corrected chi connectivity index (χ1v) is 13.4. The Morgan fingerprint density at radius 1 is 1.13 bits per heavy atom. The molecule has 0 aliphatic heterocycles. The summed E-state index contributed by atoms with van der Waals surface area (Å²) in [5, 5.41) is 7.38. The Kier molecular flexibility index (Phi) is 8.91. The van der Waals surface area contributed by atoms with Gasteiger partial charge in [0.2, 0.25) is 0 Å². The number of rotatable bonds is 9. The van der Waals surface area contributed by atoms with Crippen LogP contribution in [0.5, 0.6) is 5.75 Å². The summed E-state index contributed by atoms with van der Waals surface area (Å²) < 4.78 is 11.0. The van der Waals surface area contributed by atoms with Gasteiger partial charge in [-0.15, -0.1) is 11.3 Å². The number of thiophene rings is 1. The van der Waals surface area contributed by atoms with Crippen molar-refractivity contribution in [3.05, 3.63) is 81.7 Å². The third-order valence-electron chi connectivity index (χ3n) is 6.20. The maximum absolute atomic E-state index is 13.0. The molecule has 1 heterocycles. The Hall–Kier alpha value is -3.98. The van der Waals surface area contributed by atoms with E-state index in [4.69, 9.17) is 9.47 Å². The van der Waals surface area contributed by atoms with Gasteiger partial charge in [-0.1, -0.05) is 37.3 Å². The second-order valence-corrected chi connectivity index (χ2v) is 10.3. The molecule has 2 atom stereocenters. The molecule has 8 nitrogen and oxygen atoms in total. The minimum absolute atomic E-state index is 0.268. The van der Waals surface area contributed by atoms with Crippen LogP contribution in [0.25, 0.3) is 0 Å². The minimum atomic E-state index is -0.797. The Labute approximate surface area is 226 Å². The maximum atomic E-state index is 13.0. The summed E-state index contributed by atoms with van der Waals surface area (Å²) in [6.07, 6.45) is 3.44. The van der Waals surface area contributed by atoms with E-state index in [0.717, 1.165) is 35.3 Å². The van der Waals surface area contributed by atoms with Gasteiger partial charge in [-0.05, 0) is 74.4 Å². The number of benzene rings is 2. The molecule has 0 saturated carbocycles. The summed E-state index contributed by atoms with van der Waals surface area (Å²) in [7, 11) is 0. The number of carbonyl (C=O) groups excluding carboxylic acids is 3. The smallest absolute Gasteiger partial charge is 0.341 e. The first-order chi connectivity index (χ1) is 18.4. The lowest BCUT2D eigenvalue weighted by molar-refractivity contribution is -0.127. The van der Waals surface area contributed by atoms with E-state index in [1.807, 2.05) is 30.3 Å². The second kappa shape index (κ2) is 12.5. The second-order valence-electron chi connectivity index (χ2n) is 9.16. The van der Waals surface area contributed by atoms with Gasteiger partial charge in [-0.2, -0.15) is 5.10 Å². The van der Waals surface area contributed by atoms with Crippen molar-refractivity contribution in [1.82, 2.24) is 5.43 Å². The molecule has 4 rings (SSSR count). The maximum Gasteiger partial charge on any atom is 0.341 e. The van der Waals surface area contributed by atoms with Crippen molar-refractivity contribution < 1.29 is 23.9 Å². The normalized spacial score (nSPS) is 15.4. The van der Waals surface area contributed by atoms with Crippen molar-refractivity contribution >= 4 is 40.3 Å². The molecular weight excluding hydrogens is 502 g/mol. The summed E-state index contributed by atoms with van der Waals surface area (Å²) in [5.41, 5.74) is 5.19. The molecule has 0 bridgehead atoms. The van der Waals surface area contributed by atoms with Crippen LogP contribution in [0.1, 0.15) is 63.9 Å². The van der Waals surface area contributed by atoms with Gasteiger partial charge in [-0.3, -0.25) is 9.59 Å². The monoisotopic (exact) mass is 533 g/mol. The number of hydrogen-bond acceptors (Lipinski definition) is 7. The molecule has 2 aromatic carbocycles. The van der Waals surface area contributed by atoms with Crippen LogP contribution in [0.15, 0.2) is 59.7 Å². The van der Waals surface area contributed by atoms with E-state index < -0.39 is 18.0 Å². The molecule has 198 valence electrons. The van der Waals surface area contributed by atoms with Gasteiger partial charge in [0.05, 0.1) is 18.4 Å². The van der Waals surface area contributed by atoms with Gasteiger partial charge in [0, 0.05) is 10.4 Å². The van der Waals surface area contributed by atoms with Gasteiger partial charge >= 0.3 is 5.97 Å². The summed E-state index contributed by atoms with van der Waals surface area (Å²) in [6, 6.07) is 15.9. The van der Waals surface area contributed by atoms with Crippen molar-refractivity contribution in [1.29, 1.82) is 0 Å². The number of hydrazone groups is 1. The number of anilines is 1. The average Bonchev–Trinajstić information content (AvgIpc) is 3.26. The molecule has 3 aromatic rings. The fourth-order valence-corrected chi connectivity index (χ4v) is 5.57. The molecule has 9 heteroatoms. The van der Waals surface area contributed by atoms with Crippen LogP contribution in [0, 0.1) is 5.92 Å². The number of hydrogen-bond donors (Lipinski definition) is 2.